The maximum Gasteiger partial charge on any atom is 0.319 e. The first-order valence-electron chi connectivity index (χ1n) is 8.12. The number of likely N-dealkylation sites (tertiary alicyclic amines) is 1. The molecule has 0 aliphatic carbocycles. The highest BCUT2D eigenvalue weighted by molar-refractivity contribution is 5.89. The molecule has 3 rings (SSSR count). The van der Waals surface area contributed by atoms with Crippen LogP contribution in [0.3, 0.4) is 0 Å². The predicted molar refractivity (Wildman–Crippen MR) is 92.9 cm³/mol. The lowest BCUT2D eigenvalue weighted by molar-refractivity contribution is 0.0568. The van der Waals surface area contributed by atoms with Crippen LogP contribution >= 0.6 is 0 Å². The molecule has 3 N–H and O–H groups in total. The second-order valence-corrected chi connectivity index (χ2v) is 5.98. The first-order valence-corrected chi connectivity index (χ1v) is 8.12. The van der Waals surface area contributed by atoms with Crippen LogP contribution in [0.15, 0.2) is 36.7 Å². The highest BCUT2D eigenvalue weighted by Crippen LogP contribution is 2.20. The second-order valence-electron chi connectivity index (χ2n) is 5.98. The van der Waals surface area contributed by atoms with Crippen molar-refractivity contribution in [2.75, 3.05) is 32.1 Å². The summed E-state index contributed by atoms with van der Waals surface area (Å²) in [6.45, 7) is 4.24. The molecule has 0 saturated carbocycles. The van der Waals surface area contributed by atoms with Crippen molar-refractivity contribution in [1.29, 1.82) is 0 Å². The number of benzene rings is 1. The first kappa shape index (κ1) is 16.5. The molecule has 2 aromatic rings. The molecule has 128 valence electrons. The van der Waals surface area contributed by atoms with E-state index in [1.807, 2.05) is 44.4 Å². The minimum Gasteiger partial charge on any atom is -0.375 e. The largest absolute Gasteiger partial charge is 0.375 e. The number of carbonyl (C=O) groups excluding carboxylic acids is 1. The number of ether oxygens (including phenoxy) is 1. The zero-order valence-corrected chi connectivity index (χ0v) is 14.0. The molecule has 2 heterocycles. The van der Waals surface area contributed by atoms with Crippen LogP contribution in [-0.2, 0) is 4.74 Å². The van der Waals surface area contributed by atoms with Crippen molar-refractivity contribution >= 4 is 11.7 Å². The number of rotatable bonds is 5. The molecule has 24 heavy (non-hydrogen) atoms. The number of hydrogen-bond acceptors (Lipinski definition) is 4. The Labute approximate surface area is 141 Å². The fraction of sp³-hybridized carbons (Fsp3) is 0.412. The van der Waals surface area contributed by atoms with Gasteiger partial charge in [0, 0.05) is 37.1 Å². The Morgan fingerprint density at radius 2 is 2.12 bits per heavy atom. The van der Waals surface area contributed by atoms with Gasteiger partial charge in [-0.05, 0) is 31.7 Å². The predicted octanol–water partition coefficient (Wildman–Crippen LogP) is 1.92. The van der Waals surface area contributed by atoms with E-state index in [-0.39, 0.29) is 18.2 Å². The lowest BCUT2D eigenvalue weighted by Crippen LogP contribution is -2.45. The lowest BCUT2D eigenvalue weighted by atomic mass is 10.1. The van der Waals surface area contributed by atoms with Crippen molar-refractivity contribution in [3.63, 3.8) is 0 Å². The van der Waals surface area contributed by atoms with Crippen molar-refractivity contribution < 1.29 is 9.53 Å². The van der Waals surface area contributed by atoms with Gasteiger partial charge < -0.3 is 20.3 Å². The minimum atomic E-state index is -0.212. The van der Waals surface area contributed by atoms with Crippen LogP contribution in [0.5, 0.6) is 0 Å². The number of amides is 2. The Kier molecular flexibility index (Phi) is 5.12. The number of nitrogens with one attached hydrogen (secondary N) is 3. The van der Waals surface area contributed by atoms with Crippen LogP contribution in [0.1, 0.15) is 6.92 Å². The van der Waals surface area contributed by atoms with Gasteiger partial charge in [-0.3, -0.25) is 5.10 Å². The third-order valence-electron chi connectivity index (χ3n) is 4.12. The van der Waals surface area contributed by atoms with Gasteiger partial charge in [0.15, 0.2) is 0 Å². The van der Waals surface area contributed by atoms with Gasteiger partial charge in [-0.25, -0.2) is 4.79 Å². The van der Waals surface area contributed by atoms with Crippen molar-refractivity contribution in [2.24, 2.45) is 0 Å². The smallest absolute Gasteiger partial charge is 0.319 e. The quantitative estimate of drug-likeness (QED) is 0.783. The molecule has 1 aliphatic rings. The zero-order valence-electron chi connectivity index (χ0n) is 14.0. The van der Waals surface area contributed by atoms with Crippen LogP contribution in [0.4, 0.5) is 10.5 Å². The molecule has 1 aromatic carbocycles. The van der Waals surface area contributed by atoms with Crippen LogP contribution in [-0.4, -0.2) is 60.0 Å². The van der Waals surface area contributed by atoms with E-state index in [9.17, 15) is 4.79 Å². The fourth-order valence-corrected chi connectivity index (χ4v) is 2.97. The molecule has 0 unspecified atom stereocenters. The Bertz CT molecular complexity index is 656. The van der Waals surface area contributed by atoms with Crippen LogP contribution < -0.4 is 10.6 Å². The number of anilines is 1. The van der Waals surface area contributed by atoms with Gasteiger partial charge >= 0.3 is 6.03 Å². The molecule has 7 heteroatoms. The third-order valence-corrected chi connectivity index (χ3v) is 4.12. The van der Waals surface area contributed by atoms with Gasteiger partial charge in [0.1, 0.15) is 0 Å². The van der Waals surface area contributed by atoms with Crippen LogP contribution in [0.2, 0.25) is 0 Å². The Hall–Kier alpha value is -2.38. The summed E-state index contributed by atoms with van der Waals surface area (Å²) < 4.78 is 5.70. The molecule has 1 fully saturated rings. The summed E-state index contributed by atoms with van der Waals surface area (Å²) >= 11 is 0. The number of likely N-dealkylation sites (N-methyl/N-ethyl adjacent to an activating group) is 1. The summed E-state index contributed by atoms with van der Waals surface area (Å²) in [5.41, 5.74) is 2.81. The Morgan fingerprint density at radius 1 is 1.33 bits per heavy atom. The molecule has 0 bridgehead atoms. The summed E-state index contributed by atoms with van der Waals surface area (Å²) in [5.74, 6) is 0. The summed E-state index contributed by atoms with van der Waals surface area (Å²) in [7, 11) is 2.03. The van der Waals surface area contributed by atoms with Gasteiger partial charge in [-0.1, -0.05) is 12.1 Å². The van der Waals surface area contributed by atoms with Gasteiger partial charge in [0.05, 0.1) is 18.3 Å². The summed E-state index contributed by atoms with van der Waals surface area (Å²) in [6, 6.07) is 7.45. The van der Waals surface area contributed by atoms with Gasteiger partial charge in [0.25, 0.3) is 0 Å². The standard InChI is InChI=1S/C17H23N5O2/c1-3-24-16-11-22(2)10-15(16)21-17(23)20-14-6-4-12(5-7-14)13-8-18-19-9-13/h4-9,15-16H,3,10-11H2,1-2H3,(H,18,19)(H2,20,21,23)/t15-,16-/m1/s1. The molecular weight excluding hydrogens is 306 g/mol. The first-order chi connectivity index (χ1) is 11.7. The highest BCUT2D eigenvalue weighted by atomic mass is 16.5. The number of H-pyrrole nitrogens is 1. The average Bonchev–Trinajstić information content (AvgIpc) is 3.19. The normalized spacial score (nSPS) is 20.9. The van der Waals surface area contributed by atoms with Crippen LogP contribution in [0, 0.1) is 0 Å². The fourth-order valence-electron chi connectivity index (χ4n) is 2.97. The Morgan fingerprint density at radius 3 is 2.79 bits per heavy atom. The summed E-state index contributed by atoms with van der Waals surface area (Å²) in [4.78, 5) is 14.4. The summed E-state index contributed by atoms with van der Waals surface area (Å²) in [5, 5.41) is 12.6. The molecule has 7 nitrogen and oxygen atoms in total. The van der Waals surface area contributed by atoms with E-state index in [1.54, 1.807) is 6.20 Å². The SMILES string of the molecule is CCO[C@@H]1CN(C)C[C@H]1NC(=O)Nc1ccc(-c2cn[nH]c2)cc1. The van der Waals surface area contributed by atoms with Gasteiger partial charge in [0.2, 0.25) is 0 Å². The number of carbonyl (C=O) groups is 1. The summed E-state index contributed by atoms with van der Waals surface area (Å²) in [6.07, 6.45) is 3.63. The van der Waals surface area contributed by atoms with Gasteiger partial charge in [-0.2, -0.15) is 5.10 Å². The molecule has 1 aromatic heterocycles. The molecule has 1 aliphatic heterocycles. The van der Waals surface area contributed by atoms with E-state index in [0.717, 1.165) is 29.9 Å². The van der Waals surface area contributed by atoms with Gasteiger partial charge in [-0.15, -0.1) is 0 Å². The van der Waals surface area contributed by atoms with Crippen LogP contribution in [0.25, 0.3) is 11.1 Å². The Balaban J connectivity index is 1.56. The monoisotopic (exact) mass is 329 g/mol. The highest BCUT2D eigenvalue weighted by Gasteiger charge is 2.32. The van der Waals surface area contributed by atoms with E-state index in [4.69, 9.17) is 4.74 Å². The number of aromatic amines is 1. The second kappa shape index (κ2) is 7.46. The topological polar surface area (TPSA) is 82.3 Å². The van der Waals surface area contributed by atoms with Crippen molar-refractivity contribution in [2.45, 2.75) is 19.1 Å². The third kappa shape index (κ3) is 3.93. The van der Waals surface area contributed by atoms with E-state index in [2.05, 4.69) is 25.7 Å². The van der Waals surface area contributed by atoms with E-state index >= 15 is 0 Å². The maximum absolute atomic E-state index is 12.2. The van der Waals surface area contributed by atoms with Crippen molar-refractivity contribution in [1.82, 2.24) is 20.4 Å². The minimum absolute atomic E-state index is 0.000142. The van der Waals surface area contributed by atoms with Crippen molar-refractivity contribution in [3.05, 3.63) is 36.7 Å². The molecule has 0 radical (unpaired) electrons. The number of aromatic nitrogens is 2. The zero-order chi connectivity index (χ0) is 16.9. The number of urea groups is 1. The molecule has 1 saturated heterocycles. The van der Waals surface area contributed by atoms with E-state index in [1.165, 1.54) is 0 Å². The lowest BCUT2D eigenvalue weighted by Gasteiger charge is -2.20. The average molecular weight is 329 g/mol. The molecular formula is C17H23N5O2. The molecule has 2 atom stereocenters. The molecule has 0 spiro atoms. The van der Waals surface area contributed by atoms with E-state index in [0.29, 0.717) is 6.61 Å². The molecule has 2 amide bonds. The number of hydrogen-bond donors (Lipinski definition) is 3. The number of nitrogens with zero attached hydrogens (tertiary/aromatic N) is 2. The van der Waals surface area contributed by atoms with Crippen molar-refractivity contribution in [3.8, 4) is 11.1 Å². The maximum atomic E-state index is 12.2. The van der Waals surface area contributed by atoms with E-state index < -0.39 is 0 Å².